The zero-order chi connectivity index (χ0) is 9.07. The first-order chi connectivity index (χ1) is 4.88. The Kier molecular flexibility index (Phi) is 3.75. The average Bonchev–Trinajstić information content (AvgIpc) is 1.79. The standard InChI is InChI=1S/C7H13BrN2O/c1-7(2,11)5(10-3)4-6(8)9/h4,9-11H,1-3H3/b5-4-,9-6?. The highest BCUT2D eigenvalue weighted by Crippen LogP contribution is 2.12. The van der Waals surface area contributed by atoms with E-state index in [4.69, 9.17) is 5.41 Å². The maximum absolute atomic E-state index is 9.48. The van der Waals surface area contributed by atoms with Gasteiger partial charge in [0.15, 0.2) is 0 Å². The smallest absolute Gasteiger partial charge is 0.0985 e. The quantitative estimate of drug-likeness (QED) is 0.628. The summed E-state index contributed by atoms with van der Waals surface area (Å²) < 4.78 is 0.240. The summed E-state index contributed by atoms with van der Waals surface area (Å²) in [6, 6.07) is 0. The van der Waals surface area contributed by atoms with E-state index in [-0.39, 0.29) is 4.62 Å². The van der Waals surface area contributed by atoms with Gasteiger partial charge in [0.25, 0.3) is 0 Å². The fraction of sp³-hybridized carbons (Fsp3) is 0.571. The van der Waals surface area contributed by atoms with Crippen molar-refractivity contribution >= 4 is 20.6 Å². The van der Waals surface area contributed by atoms with Crippen LogP contribution in [0.15, 0.2) is 11.8 Å². The van der Waals surface area contributed by atoms with Crippen molar-refractivity contribution in [3.8, 4) is 0 Å². The van der Waals surface area contributed by atoms with Gasteiger partial charge in [0.1, 0.15) is 0 Å². The van der Waals surface area contributed by atoms with Crippen LogP contribution in [0.25, 0.3) is 0 Å². The van der Waals surface area contributed by atoms with Crippen molar-refractivity contribution in [2.75, 3.05) is 7.05 Å². The molecular weight excluding hydrogens is 208 g/mol. The summed E-state index contributed by atoms with van der Waals surface area (Å²) in [6.07, 6.45) is 1.53. The molecule has 0 saturated carbocycles. The Balaban J connectivity index is 4.54. The number of allylic oxidation sites excluding steroid dienone is 1. The van der Waals surface area contributed by atoms with Gasteiger partial charge in [-0.2, -0.15) is 0 Å². The van der Waals surface area contributed by atoms with Crippen LogP contribution in [0.5, 0.6) is 0 Å². The molecule has 0 spiro atoms. The fourth-order valence-electron chi connectivity index (χ4n) is 0.681. The molecule has 0 atom stereocenters. The minimum absolute atomic E-state index is 0.240. The number of halogens is 1. The first-order valence-corrected chi connectivity index (χ1v) is 4.03. The van der Waals surface area contributed by atoms with E-state index in [0.29, 0.717) is 5.70 Å². The van der Waals surface area contributed by atoms with E-state index >= 15 is 0 Å². The summed E-state index contributed by atoms with van der Waals surface area (Å²) in [5, 5.41) is 19.4. The van der Waals surface area contributed by atoms with Crippen LogP contribution < -0.4 is 5.32 Å². The third-order valence-corrected chi connectivity index (χ3v) is 1.43. The van der Waals surface area contributed by atoms with E-state index in [1.807, 2.05) is 0 Å². The molecule has 0 aromatic carbocycles. The first kappa shape index (κ1) is 10.7. The predicted molar refractivity (Wildman–Crippen MR) is 50.1 cm³/mol. The molecule has 0 amide bonds. The summed E-state index contributed by atoms with van der Waals surface area (Å²) in [4.78, 5) is 0. The van der Waals surface area contributed by atoms with Crippen LogP contribution in [0, 0.1) is 5.41 Å². The Morgan fingerprint density at radius 1 is 1.64 bits per heavy atom. The molecule has 0 fully saturated rings. The van der Waals surface area contributed by atoms with E-state index in [0.717, 1.165) is 0 Å². The van der Waals surface area contributed by atoms with Gasteiger partial charge in [-0.15, -0.1) is 0 Å². The van der Waals surface area contributed by atoms with Crippen LogP contribution in [0.3, 0.4) is 0 Å². The molecule has 64 valence electrons. The van der Waals surface area contributed by atoms with Gasteiger partial charge < -0.3 is 10.4 Å². The normalized spacial score (nSPS) is 13.0. The number of nitrogens with one attached hydrogen (secondary N) is 2. The SMILES string of the molecule is CN/C(=C\C(=N)Br)C(C)(C)O. The minimum atomic E-state index is -0.922. The molecule has 0 bridgehead atoms. The topological polar surface area (TPSA) is 56.1 Å². The molecule has 0 aliphatic rings. The lowest BCUT2D eigenvalue weighted by molar-refractivity contribution is 0.113. The minimum Gasteiger partial charge on any atom is -0.389 e. The van der Waals surface area contributed by atoms with E-state index in [1.165, 1.54) is 6.08 Å². The van der Waals surface area contributed by atoms with Crippen molar-refractivity contribution in [2.45, 2.75) is 19.4 Å². The third kappa shape index (κ3) is 4.16. The van der Waals surface area contributed by atoms with Crippen LogP contribution in [0.1, 0.15) is 13.8 Å². The second kappa shape index (κ2) is 3.88. The van der Waals surface area contributed by atoms with Crippen LogP contribution in [-0.2, 0) is 0 Å². The largest absolute Gasteiger partial charge is 0.389 e. The van der Waals surface area contributed by atoms with Gasteiger partial charge in [-0.3, -0.25) is 5.41 Å². The van der Waals surface area contributed by atoms with Crippen LogP contribution in [-0.4, -0.2) is 22.4 Å². The number of likely N-dealkylation sites (N-methyl/N-ethyl adjacent to an activating group) is 1. The summed E-state index contributed by atoms with van der Waals surface area (Å²) in [7, 11) is 1.71. The predicted octanol–water partition coefficient (Wildman–Crippen LogP) is 1.23. The highest BCUT2D eigenvalue weighted by atomic mass is 79.9. The van der Waals surface area contributed by atoms with Crippen molar-refractivity contribution in [1.82, 2.24) is 5.32 Å². The van der Waals surface area contributed by atoms with E-state index in [2.05, 4.69) is 21.2 Å². The van der Waals surface area contributed by atoms with Gasteiger partial charge >= 0.3 is 0 Å². The number of hydrogen-bond acceptors (Lipinski definition) is 3. The highest BCUT2D eigenvalue weighted by molar-refractivity contribution is 9.18. The van der Waals surface area contributed by atoms with Crippen LogP contribution in [0.2, 0.25) is 0 Å². The molecular formula is C7H13BrN2O. The van der Waals surface area contributed by atoms with Gasteiger partial charge in [0.05, 0.1) is 10.2 Å². The zero-order valence-electron chi connectivity index (χ0n) is 6.90. The van der Waals surface area contributed by atoms with Crippen molar-refractivity contribution in [3.63, 3.8) is 0 Å². The summed E-state index contributed by atoms with van der Waals surface area (Å²) in [5.74, 6) is 0. The second-order valence-corrected chi connectivity index (χ2v) is 3.57. The van der Waals surface area contributed by atoms with Crippen molar-refractivity contribution in [2.24, 2.45) is 0 Å². The summed E-state index contributed by atoms with van der Waals surface area (Å²) in [6.45, 7) is 3.32. The highest BCUT2D eigenvalue weighted by Gasteiger charge is 2.17. The molecule has 0 saturated heterocycles. The molecule has 0 unspecified atom stereocenters. The maximum atomic E-state index is 9.48. The van der Waals surface area contributed by atoms with E-state index < -0.39 is 5.60 Å². The van der Waals surface area contributed by atoms with Crippen LogP contribution in [0.4, 0.5) is 0 Å². The lowest BCUT2D eigenvalue weighted by atomic mass is 10.1. The molecule has 3 N–H and O–H groups in total. The molecule has 0 aliphatic carbocycles. The second-order valence-electron chi connectivity index (χ2n) is 2.71. The van der Waals surface area contributed by atoms with Gasteiger partial charge in [0, 0.05) is 12.7 Å². The van der Waals surface area contributed by atoms with Crippen LogP contribution >= 0.6 is 15.9 Å². The first-order valence-electron chi connectivity index (χ1n) is 3.24. The monoisotopic (exact) mass is 220 g/mol. The van der Waals surface area contributed by atoms with Crippen molar-refractivity contribution in [3.05, 3.63) is 11.8 Å². The molecule has 11 heavy (non-hydrogen) atoms. The lowest BCUT2D eigenvalue weighted by Gasteiger charge is -2.20. The molecule has 0 rings (SSSR count). The van der Waals surface area contributed by atoms with Gasteiger partial charge in [0.2, 0.25) is 0 Å². The molecule has 0 aromatic heterocycles. The van der Waals surface area contributed by atoms with Crippen molar-refractivity contribution < 1.29 is 5.11 Å². The molecule has 3 nitrogen and oxygen atoms in total. The maximum Gasteiger partial charge on any atom is 0.0985 e. The third-order valence-electron chi connectivity index (χ3n) is 1.20. The fourth-order valence-corrected chi connectivity index (χ4v) is 0.910. The Bertz CT molecular complexity index is 181. The van der Waals surface area contributed by atoms with Crippen molar-refractivity contribution in [1.29, 1.82) is 5.41 Å². The van der Waals surface area contributed by atoms with Gasteiger partial charge in [-0.1, -0.05) is 0 Å². The lowest BCUT2D eigenvalue weighted by Crippen LogP contribution is -2.30. The summed E-state index contributed by atoms with van der Waals surface area (Å²) in [5.41, 5.74) is -0.311. The number of hydrogen-bond donors (Lipinski definition) is 3. The Morgan fingerprint density at radius 3 is 2.18 bits per heavy atom. The number of rotatable bonds is 3. The average molecular weight is 221 g/mol. The Labute approximate surface area is 75.1 Å². The summed E-state index contributed by atoms with van der Waals surface area (Å²) >= 11 is 2.96. The van der Waals surface area contributed by atoms with Gasteiger partial charge in [-0.05, 0) is 35.9 Å². The molecule has 0 radical (unpaired) electrons. The number of aliphatic hydroxyl groups is 1. The zero-order valence-corrected chi connectivity index (χ0v) is 8.49. The molecule has 4 heteroatoms. The molecule has 0 aromatic rings. The Hall–Kier alpha value is -0.350. The van der Waals surface area contributed by atoms with E-state index in [9.17, 15) is 5.11 Å². The molecule has 0 heterocycles. The Morgan fingerprint density at radius 2 is 2.09 bits per heavy atom. The molecule has 0 aliphatic heterocycles. The van der Waals surface area contributed by atoms with E-state index in [1.54, 1.807) is 20.9 Å². The van der Waals surface area contributed by atoms with Gasteiger partial charge in [-0.25, -0.2) is 0 Å².